The fourth-order valence-electron chi connectivity index (χ4n) is 1.86. The Bertz CT molecular complexity index is 239. The Labute approximate surface area is 75.7 Å². The smallest absolute Gasteiger partial charge is 0.0103 e. The average molecular weight is 162 g/mol. The highest BCUT2D eigenvalue weighted by atomic mass is 14.3. The van der Waals surface area contributed by atoms with Crippen LogP contribution in [0.25, 0.3) is 0 Å². The molecule has 1 aliphatic rings. The van der Waals surface area contributed by atoms with E-state index in [9.17, 15) is 0 Å². The molecule has 1 rings (SSSR count). The van der Waals surface area contributed by atoms with Crippen molar-refractivity contribution in [1.29, 1.82) is 0 Å². The zero-order valence-electron chi connectivity index (χ0n) is 8.35. The molecule has 0 aromatic heterocycles. The van der Waals surface area contributed by atoms with Crippen LogP contribution in [0.15, 0.2) is 36.0 Å². The predicted molar refractivity (Wildman–Crippen MR) is 55.1 cm³/mol. The zero-order valence-corrected chi connectivity index (χ0v) is 8.35. The van der Waals surface area contributed by atoms with E-state index in [2.05, 4.69) is 45.6 Å². The van der Waals surface area contributed by atoms with E-state index in [1.54, 1.807) is 0 Å². The van der Waals surface area contributed by atoms with Crippen LogP contribution in [0, 0.1) is 5.41 Å². The Kier molecular flexibility index (Phi) is 2.56. The van der Waals surface area contributed by atoms with E-state index in [4.69, 9.17) is 0 Å². The first-order valence-corrected chi connectivity index (χ1v) is 4.58. The first-order chi connectivity index (χ1) is 5.60. The summed E-state index contributed by atoms with van der Waals surface area (Å²) in [6.45, 7) is 10.5. The normalized spacial score (nSPS) is 28.8. The van der Waals surface area contributed by atoms with Gasteiger partial charge in [0.05, 0.1) is 0 Å². The molecule has 1 atom stereocenters. The minimum absolute atomic E-state index is 0.216. The third-order valence-electron chi connectivity index (χ3n) is 2.72. The van der Waals surface area contributed by atoms with Crippen molar-refractivity contribution in [2.45, 2.75) is 33.6 Å². The standard InChI is InChI=1S/C12H18/c1-5-12(4)9-7-6-8-11(12)10(2)3/h5-6,8H,1,7,9H2,2-4H3/t12-/m0/s1. The van der Waals surface area contributed by atoms with Gasteiger partial charge in [-0.2, -0.15) is 0 Å². The van der Waals surface area contributed by atoms with Crippen LogP contribution in [0.1, 0.15) is 33.6 Å². The van der Waals surface area contributed by atoms with Gasteiger partial charge in [-0.25, -0.2) is 0 Å². The molecule has 0 aromatic carbocycles. The molecule has 0 saturated carbocycles. The van der Waals surface area contributed by atoms with E-state index >= 15 is 0 Å². The molecule has 0 N–H and O–H groups in total. The van der Waals surface area contributed by atoms with Gasteiger partial charge < -0.3 is 0 Å². The summed E-state index contributed by atoms with van der Waals surface area (Å²) in [6, 6.07) is 0. The van der Waals surface area contributed by atoms with Crippen LogP contribution in [0.5, 0.6) is 0 Å². The van der Waals surface area contributed by atoms with Crippen LogP contribution in [0.4, 0.5) is 0 Å². The molecule has 12 heavy (non-hydrogen) atoms. The van der Waals surface area contributed by atoms with E-state index in [0.29, 0.717) is 0 Å². The summed E-state index contributed by atoms with van der Waals surface area (Å²) in [4.78, 5) is 0. The van der Waals surface area contributed by atoms with E-state index in [-0.39, 0.29) is 5.41 Å². The fraction of sp³-hybridized carbons (Fsp3) is 0.500. The monoisotopic (exact) mass is 162 g/mol. The van der Waals surface area contributed by atoms with Crippen LogP contribution in [-0.4, -0.2) is 0 Å². The van der Waals surface area contributed by atoms with Crippen LogP contribution in [0.2, 0.25) is 0 Å². The summed E-state index contributed by atoms with van der Waals surface area (Å²) in [7, 11) is 0. The molecule has 0 nitrogen and oxygen atoms in total. The summed E-state index contributed by atoms with van der Waals surface area (Å²) >= 11 is 0. The summed E-state index contributed by atoms with van der Waals surface area (Å²) in [5.74, 6) is 0. The van der Waals surface area contributed by atoms with E-state index in [1.165, 1.54) is 24.0 Å². The molecule has 0 unspecified atom stereocenters. The maximum Gasteiger partial charge on any atom is 0.0103 e. The summed E-state index contributed by atoms with van der Waals surface area (Å²) in [6.07, 6.45) is 8.97. The minimum atomic E-state index is 0.216. The molecule has 0 saturated heterocycles. The van der Waals surface area contributed by atoms with Gasteiger partial charge in [0.2, 0.25) is 0 Å². The predicted octanol–water partition coefficient (Wildman–Crippen LogP) is 3.87. The minimum Gasteiger partial charge on any atom is -0.102 e. The van der Waals surface area contributed by atoms with Gasteiger partial charge in [-0.3, -0.25) is 0 Å². The largest absolute Gasteiger partial charge is 0.102 e. The van der Waals surface area contributed by atoms with Crippen molar-refractivity contribution in [3.63, 3.8) is 0 Å². The molecule has 0 amide bonds. The number of hydrogen-bond acceptors (Lipinski definition) is 0. The molecule has 1 aliphatic carbocycles. The summed E-state index contributed by atoms with van der Waals surface area (Å²) in [5.41, 5.74) is 3.07. The summed E-state index contributed by atoms with van der Waals surface area (Å²) < 4.78 is 0. The second-order valence-electron chi connectivity index (χ2n) is 3.98. The van der Waals surface area contributed by atoms with Gasteiger partial charge >= 0.3 is 0 Å². The Balaban J connectivity index is 3.11. The van der Waals surface area contributed by atoms with E-state index < -0.39 is 0 Å². The second kappa shape index (κ2) is 3.30. The lowest BCUT2D eigenvalue weighted by Crippen LogP contribution is -2.18. The van der Waals surface area contributed by atoms with Crippen molar-refractivity contribution in [3.8, 4) is 0 Å². The maximum absolute atomic E-state index is 3.92. The van der Waals surface area contributed by atoms with Crippen LogP contribution in [0.3, 0.4) is 0 Å². The number of allylic oxidation sites excluding steroid dienone is 5. The average Bonchev–Trinajstić information content (AvgIpc) is 2.05. The lowest BCUT2D eigenvalue weighted by molar-refractivity contribution is 0.468. The lowest BCUT2D eigenvalue weighted by atomic mass is 9.73. The quantitative estimate of drug-likeness (QED) is 0.513. The molecule has 0 fully saturated rings. The van der Waals surface area contributed by atoms with Gasteiger partial charge in [-0.15, -0.1) is 6.58 Å². The van der Waals surface area contributed by atoms with Crippen molar-refractivity contribution in [2.24, 2.45) is 5.41 Å². The maximum atomic E-state index is 3.92. The van der Waals surface area contributed by atoms with E-state index in [0.717, 1.165) is 0 Å². The molecule has 66 valence electrons. The van der Waals surface area contributed by atoms with Crippen molar-refractivity contribution in [3.05, 3.63) is 36.0 Å². The highest BCUT2D eigenvalue weighted by Gasteiger charge is 2.25. The Morgan fingerprint density at radius 3 is 2.67 bits per heavy atom. The van der Waals surface area contributed by atoms with Crippen molar-refractivity contribution in [1.82, 2.24) is 0 Å². The van der Waals surface area contributed by atoms with Gasteiger partial charge in [0, 0.05) is 5.41 Å². The van der Waals surface area contributed by atoms with Gasteiger partial charge in [-0.1, -0.05) is 30.7 Å². The molecule has 0 radical (unpaired) electrons. The topological polar surface area (TPSA) is 0 Å². The zero-order chi connectivity index (χ0) is 9.19. The van der Waals surface area contributed by atoms with Gasteiger partial charge in [0.1, 0.15) is 0 Å². The first-order valence-electron chi connectivity index (χ1n) is 4.58. The Morgan fingerprint density at radius 1 is 1.58 bits per heavy atom. The molecule has 0 heteroatoms. The molecular formula is C12H18. The van der Waals surface area contributed by atoms with Crippen LogP contribution >= 0.6 is 0 Å². The van der Waals surface area contributed by atoms with Gasteiger partial charge in [-0.05, 0) is 32.3 Å². The lowest BCUT2D eigenvalue weighted by Gasteiger charge is -2.31. The fourth-order valence-corrected chi connectivity index (χ4v) is 1.86. The highest BCUT2D eigenvalue weighted by Crippen LogP contribution is 2.39. The summed E-state index contributed by atoms with van der Waals surface area (Å²) in [5, 5.41) is 0. The third kappa shape index (κ3) is 1.52. The van der Waals surface area contributed by atoms with Gasteiger partial charge in [0.25, 0.3) is 0 Å². The number of rotatable bonds is 1. The van der Waals surface area contributed by atoms with Crippen molar-refractivity contribution < 1.29 is 0 Å². The second-order valence-corrected chi connectivity index (χ2v) is 3.98. The van der Waals surface area contributed by atoms with Crippen molar-refractivity contribution >= 4 is 0 Å². The molecule has 0 heterocycles. The highest BCUT2D eigenvalue weighted by molar-refractivity contribution is 5.36. The van der Waals surface area contributed by atoms with Crippen LogP contribution < -0.4 is 0 Å². The SMILES string of the molecule is C=C[C@@]1(C)CCC=CC1=C(C)C. The molecular weight excluding hydrogens is 144 g/mol. The molecule has 0 aliphatic heterocycles. The molecule has 0 aromatic rings. The van der Waals surface area contributed by atoms with Crippen LogP contribution in [-0.2, 0) is 0 Å². The Morgan fingerprint density at radius 2 is 2.25 bits per heavy atom. The third-order valence-corrected chi connectivity index (χ3v) is 2.72. The van der Waals surface area contributed by atoms with Gasteiger partial charge in [0.15, 0.2) is 0 Å². The number of hydrogen-bond donors (Lipinski definition) is 0. The molecule has 0 bridgehead atoms. The van der Waals surface area contributed by atoms with E-state index in [1.807, 2.05) is 0 Å². The molecule has 0 spiro atoms. The Hall–Kier alpha value is -0.780. The first kappa shape index (κ1) is 9.31. The van der Waals surface area contributed by atoms with Crippen molar-refractivity contribution in [2.75, 3.05) is 0 Å².